The van der Waals surface area contributed by atoms with Gasteiger partial charge in [-0.3, -0.25) is 0 Å². The molecule has 1 rings (SSSR count). The third kappa shape index (κ3) is 3.46. The van der Waals surface area contributed by atoms with Gasteiger partial charge in [0.25, 0.3) is 8.27 Å². The van der Waals surface area contributed by atoms with Gasteiger partial charge in [-0.2, -0.15) is 0 Å². The van der Waals surface area contributed by atoms with Crippen molar-refractivity contribution in [2.45, 2.75) is 57.5 Å². The quantitative estimate of drug-likeness (QED) is 0.551. The second-order valence-electron chi connectivity index (χ2n) is 3.98. The van der Waals surface area contributed by atoms with Crippen molar-refractivity contribution >= 4 is 19.3 Å². The molecule has 1 aliphatic carbocycles. The molecule has 0 spiro atoms. The van der Waals surface area contributed by atoms with Gasteiger partial charge >= 0.3 is 0 Å². The smallest absolute Gasteiger partial charge is 0.252 e. The van der Waals surface area contributed by atoms with Gasteiger partial charge in [0.1, 0.15) is 0 Å². The van der Waals surface area contributed by atoms with E-state index in [2.05, 4.69) is 18.8 Å². The minimum absolute atomic E-state index is 0.554. The Labute approximate surface area is 82.3 Å². The second-order valence-corrected chi connectivity index (χ2v) is 7.00. The van der Waals surface area contributed by atoms with Crippen LogP contribution in [0.1, 0.15) is 46.0 Å². The number of rotatable bonds is 3. The summed E-state index contributed by atoms with van der Waals surface area (Å²) in [5, 5.41) is 0. The van der Waals surface area contributed by atoms with E-state index in [4.69, 9.17) is 11.1 Å². The van der Waals surface area contributed by atoms with E-state index in [-0.39, 0.29) is 0 Å². The fraction of sp³-hybridized carbons (Fsp3) is 1.00. The summed E-state index contributed by atoms with van der Waals surface area (Å²) in [5.74, 6) is 0. The molecule has 0 aromatic rings. The predicted octanol–water partition coefficient (Wildman–Crippen LogP) is 3.05. The predicted molar refractivity (Wildman–Crippen MR) is 56.7 cm³/mol. The zero-order valence-corrected chi connectivity index (χ0v) is 9.82. The van der Waals surface area contributed by atoms with E-state index in [0.29, 0.717) is 6.04 Å². The van der Waals surface area contributed by atoms with Crippen molar-refractivity contribution in [3.8, 4) is 0 Å². The van der Waals surface area contributed by atoms with Gasteiger partial charge in [0.15, 0.2) is 0 Å². The summed E-state index contributed by atoms with van der Waals surface area (Å²) >= 11 is 6.35. The molecule has 3 heteroatoms. The summed E-state index contributed by atoms with van der Waals surface area (Å²) in [6.45, 7) is 4.35. The number of hydrogen-bond donors (Lipinski definition) is 1. The molecule has 1 saturated carbocycles. The van der Waals surface area contributed by atoms with Gasteiger partial charge in [0.2, 0.25) is 0 Å². The molecule has 1 aliphatic rings. The molecule has 12 heavy (non-hydrogen) atoms. The van der Waals surface area contributed by atoms with Gasteiger partial charge in [-0.15, -0.1) is 11.1 Å². The minimum atomic E-state index is -0.768. The van der Waals surface area contributed by atoms with Crippen LogP contribution in [0.3, 0.4) is 0 Å². The molecule has 1 fully saturated rings. The Morgan fingerprint density at radius 1 is 1.25 bits per heavy atom. The summed E-state index contributed by atoms with van der Waals surface area (Å²) in [5.41, 5.74) is 0.813. The second kappa shape index (κ2) is 5.25. The van der Waals surface area contributed by atoms with Gasteiger partial charge in [-0.1, -0.05) is 46.0 Å². The van der Waals surface area contributed by atoms with Gasteiger partial charge in [-0.25, -0.2) is 0 Å². The van der Waals surface area contributed by atoms with Crippen LogP contribution in [0.5, 0.6) is 0 Å². The van der Waals surface area contributed by atoms with Crippen LogP contribution in [-0.4, -0.2) is 14.3 Å². The highest BCUT2D eigenvalue weighted by Crippen LogP contribution is 2.31. The van der Waals surface area contributed by atoms with Gasteiger partial charge in [0.05, 0.1) is 0 Å². The first-order valence-corrected chi connectivity index (χ1v) is 7.58. The normalized spacial score (nSPS) is 20.8. The lowest BCUT2D eigenvalue weighted by Crippen LogP contribution is -2.38. The van der Waals surface area contributed by atoms with Crippen LogP contribution >= 0.6 is 11.1 Å². The minimum Gasteiger partial charge on any atom is -0.323 e. The van der Waals surface area contributed by atoms with Crippen LogP contribution in [0.25, 0.3) is 0 Å². The molecule has 1 radical (unpaired) electrons. The van der Waals surface area contributed by atoms with E-state index in [0.717, 1.165) is 5.54 Å². The van der Waals surface area contributed by atoms with E-state index >= 15 is 0 Å². The Morgan fingerprint density at radius 2 is 1.83 bits per heavy atom. The number of nitrogens with one attached hydrogen (secondary N) is 1. The molecule has 0 amide bonds. The van der Waals surface area contributed by atoms with Crippen LogP contribution in [0.2, 0.25) is 5.54 Å². The van der Waals surface area contributed by atoms with Crippen molar-refractivity contribution in [2.75, 3.05) is 0 Å². The monoisotopic (exact) mass is 204 g/mol. The van der Waals surface area contributed by atoms with Gasteiger partial charge in [-0.05, 0) is 11.6 Å². The average molecular weight is 205 g/mol. The van der Waals surface area contributed by atoms with Crippen LogP contribution in [0.4, 0.5) is 0 Å². The van der Waals surface area contributed by atoms with Crippen molar-refractivity contribution in [2.24, 2.45) is 0 Å². The zero-order valence-electron chi connectivity index (χ0n) is 8.07. The molecule has 0 bridgehead atoms. The van der Waals surface area contributed by atoms with Crippen LogP contribution in [-0.2, 0) is 0 Å². The third-order valence-corrected chi connectivity index (χ3v) is 5.79. The van der Waals surface area contributed by atoms with Crippen LogP contribution < -0.4 is 4.98 Å². The molecule has 0 saturated heterocycles. The lowest BCUT2D eigenvalue weighted by atomic mass is 10.0. The lowest BCUT2D eigenvalue weighted by molar-refractivity contribution is 0.493. The average Bonchev–Trinajstić information content (AvgIpc) is 2.05. The van der Waals surface area contributed by atoms with E-state index in [9.17, 15) is 0 Å². The van der Waals surface area contributed by atoms with Crippen LogP contribution in [0, 0.1) is 0 Å². The standard InChI is InChI=1S/C9H19ClNSi/c1-8(2)11-12(10)9-6-4-3-5-7-9/h8-9,11H,3-7H2,1-2H3. The fourth-order valence-electron chi connectivity index (χ4n) is 1.75. The van der Waals surface area contributed by atoms with E-state index < -0.39 is 8.27 Å². The maximum atomic E-state index is 6.35. The Balaban J connectivity index is 2.24. The SMILES string of the molecule is CC(C)N[Si](Cl)C1CCCCC1. The fourth-order valence-corrected chi connectivity index (χ4v) is 4.76. The van der Waals surface area contributed by atoms with Crippen molar-refractivity contribution in [3.05, 3.63) is 0 Å². The summed E-state index contributed by atoms with van der Waals surface area (Å²) in [6.07, 6.45) is 6.93. The topological polar surface area (TPSA) is 12.0 Å². The summed E-state index contributed by atoms with van der Waals surface area (Å²) in [4.78, 5) is 3.48. The Kier molecular flexibility index (Phi) is 4.62. The van der Waals surface area contributed by atoms with E-state index in [1.807, 2.05) is 0 Å². The van der Waals surface area contributed by atoms with Crippen LogP contribution in [0.15, 0.2) is 0 Å². The number of halogens is 1. The van der Waals surface area contributed by atoms with E-state index in [1.54, 1.807) is 0 Å². The first-order chi connectivity index (χ1) is 5.70. The summed E-state index contributed by atoms with van der Waals surface area (Å²) in [6, 6.07) is 0.554. The highest BCUT2D eigenvalue weighted by atomic mass is 35.6. The molecule has 0 atom stereocenters. The van der Waals surface area contributed by atoms with Crippen molar-refractivity contribution in [1.82, 2.24) is 4.98 Å². The van der Waals surface area contributed by atoms with Crippen molar-refractivity contribution < 1.29 is 0 Å². The van der Waals surface area contributed by atoms with Gasteiger partial charge < -0.3 is 4.98 Å². The molecule has 1 nitrogen and oxygen atoms in total. The Bertz CT molecular complexity index is 124. The summed E-state index contributed by atoms with van der Waals surface area (Å²) in [7, 11) is -0.768. The molecule has 0 heterocycles. The zero-order chi connectivity index (χ0) is 8.97. The maximum Gasteiger partial charge on any atom is 0.252 e. The first-order valence-electron chi connectivity index (χ1n) is 4.99. The van der Waals surface area contributed by atoms with Crippen molar-refractivity contribution in [3.63, 3.8) is 0 Å². The largest absolute Gasteiger partial charge is 0.323 e. The highest BCUT2D eigenvalue weighted by molar-refractivity contribution is 7.06. The Morgan fingerprint density at radius 3 is 2.33 bits per heavy atom. The summed E-state index contributed by atoms with van der Waals surface area (Å²) < 4.78 is 0. The molecular weight excluding hydrogens is 186 g/mol. The molecule has 0 aromatic heterocycles. The molecule has 71 valence electrons. The van der Waals surface area contributed by atoms with E-state index in [1.165, 1.54) is 32.1 Å². The maximum absolute atomic E-state index is 6.35. The Hall–Kier alpha value is 0.467. The highest BCUT2D eigenvalue weighted by Gasteiger charge is 2.24. The molecule has 1 N–H and O–H groups in total. The molecule has 0 unspecified atom stereocenters. The molecule has 0 aromatic carbocycles. The first kappa shape index (κ1) is 10.5. The van der Waals surface area contributed by atoms with Gasteiger partial charge in [0, 0.05) is 0 Å². The molecular formula is C9H19ClNSi. The molecule has 0 aliphatic heterocycles. The third-order valence-electron chi connectivity index (χ3n) is 2.39. The lowest BCUT2D eigenvalue weighted by Gasteiger charge is -2.25. The van der Waals surface area contributed by atoms with Crippen molar-refractivity contribution in [1.29, 1.82) is 0 Å². The number of hydrogen-bond acceptors (Lipinski definition) is 1.